The van der Waals surface area contributed by atoms with Crippen molar-refractivity contribution < 1.29 is 9.59 Å². The van der Waals surface area contributed by atoms with Crippen LogP contribution in [0.1, 0.15) is 6.42 Å². The number of para-hydroxylation sites is 1. The third-order valence-electron chi connectivity index (χ3n) is 2.12. The van der Waals surface area contributed by atoms with Crippen molar-refractivity contribution in [2.45, 2.75) is 12.5 Å². The van der Waals surface area contributed by atoms with Gasteiger partial charge in [-0.1, -0.05) is 18.2 Å². The van der Waals surface area contributed by atoms with Gasteiger partial charge >= 0.3 is 8.56 Å². The Balaban J connectivity index is 2.86. The minimum atomic E-state index is -3.35. The maximum absolute atomic E-state index is 9.86. The molecule has 14 heavy (non-hydrogen) atoms. The molecule has 4 nitrogen and oxygen atoms in total. The molecule has 0 aliphatic heterocycles. The minimum Gasteiger partial charge on any atom is -0.407 e. The fraction of sp³-hybridized carbons (Fsp3) is 0.333. The second kappa shape index (κ2) is 4.56. The summed E-state index contributed by atoms with van der Waals surface area (Å²) in [5.41, 5.74) is 11.4. The molecule has 1 aromatic carbocycles. The van der Waals surface area contributed by atoms with Gasteiger partial charge in [-0.05, 0) is 25.1 Å². The number of nitrogen functional groups attached to an aromatic ring is 1. The Morgan fingerprint density at radius 2 is 1.86 bits per heavy atom. The summed E-state index contributed by atoms with van der Waals surface area (Å²) in [6.45, 7) is 0.461. The van der Waals surface area contributed by atoms with E-state index in [4.69, 9.17) is 11.5 Å². The number of hydrogen-bond donors (Lipinski definition) is 4. The average molecular weight is 212 g/mol. The minimum absolute atomic E-state index is 0.331. The zero-order chi connectivity index (χ0) is 10.6. The van der Waals surface area contributed by atoms with Crippen LogP contribution in [0.25, 0.3) is 0 Å². The van der Waals surface area contributed by atoms with Crippen LogP contribution in [0.15, 0.2) is 24.3 Å². The van der Waals surface area contributed by atoms with Crippen molar-refractivity contribution in [3.05, 3.63) is 24.3 Å². The molecular weight excluding hydrogens is 196 g/mol. The highest BCUT2D eigenvalue weighted by Crippen LogP contribution is 2.09. The molecule has 78 valence electrons. The summed E-state index contributed by atoms with van der Waals surface area (Å²) in [4.78, 5) is 19.7. The molecule has 0 fully saturated rings. The average Bonchev–Trinajstić information content (AvgIpc) is 2.15. The highest BCUT2D eigenvalue weighted by Gasteiger charge is 2.32. The molecule has 0 aromatic heterocycles. The third kappa shape index (κ3) is 2.55. The van der Waals surface area contributed by atoms with Crippen LogP contribution in [-0.4, -0.2) is 24.7 Å². The maximum Gasteiger partial charge on any atom is 0.369 e. The summed E-state index contributed by atoms with van der Waals surface area (Å²) in [6, 6.07) is 7.19. The van der Waals surface area contributed by atoms with E-state index < -0.39 is 8.56 Å². The van der Waals surface area contributed by atoms with Gasteiger partial charge in [-0.2, -0.15) is 0 Å². The van der Waals surface area contributed by atoms with E-state index in [-0.39, 0.29) is 0 Å². The summed E-state index contributed by atoms with van der Waals surface area (Å²) < 4.78 is 0. The molecule has 0 atom stereocenters. The molecule has 0 amide bonds. The number of nitrogens with two attached hydrogens (primary N) is 2. The molecule has 0 saturated carbocycles. The number of hydrogen-bond acceptors (Lipinski definition) is 4. The Labute approximate surface area is 84.4 Å². The van der Waals surface area contributed by atoms with Gasteiger partial charge in [-0.25, -0.2) is 0 Å². The van der Waals surface area contributed by atoms with Gasteiger partial charge in [0.25, 0.3) is 0 Å². The van der Waals surface area contributed by atoms with Gasteiger partial charge in [0.1, 0.15) is 0 Å². The van der Waals surface area contributed by atoms with Crippen molar-refractivity contribution >= 4 is 19.4 Å². The van der Waals surface area contributed by atoms with E-state index >= 15 is 0 Å². The Hall–Kier alpha value is -0.883. The van der Waals surface area contributed by atoms with Crippen LogP contribution in [0.2, 0.25) is 6.04 Å². The Kier molecular flexibility index (Phi) is 3.65. The monoisotopic (exact) mass is 212 g/mol. The lowest BCUT2D eigenvalue weighted by Gasteiger charge is -2.19. The fourth-order valence-electron chi connectivity index (χ4n) is 1.34. The molecule has 0 spiro atoms. The maximum atomic E-state index is 9.86. The Morgan fingerprint density at radius 1 is 1.21 bits per heavy atom. The first-order chi connectivity index (χ1) is 6.58. The molecule has 0 unspecified atom stereocenters. The SMILES string of the molecule is NCCC[Si](O)(O)c1ccccc1N. The number of benzene rings is 1. The molecule has 0 aliphatic carbocycles. The summed E-state index contributed by atoms with van der Waals surface area (Å²) in [5.74, 6) is 0. The Morgan fingerprint density at radius 3 is 2.43 bits per heavy atom. The topological polar surface area (TPSA) is 92.5 Å². The van der Waals surface area contributed by atoms with E-state index in [1.54, 1.807) is 24.3 Å². The van der Waals surface area contributed by atoms with Crippen molar-refractivity contribution in [1.82, 2.24) is 0 Å². The lowest BCUT2D eigenvalue weighted by molar-refractivity contribution is 0.378. The highest BCUT2D eigenvalue weighted by atomic mass is 28.4. The van der Waals surface area contributed by atoms with E-state index in [0.29, 0.717) is 29.9 Å². The third-order valence-corrected chi connectivity index (χ3v) is 4.49. The molecule has 1 rings (SSSR count). The zero-order valence-corrected chi connectivity index (χ0v) is 8.98. The molecule has 1 aromatic rings. The molecule has 0 saturated heterocycles. The van der Waals surface area contributed by atoms with Gasteiger partial charge in [0, 0.05) is 10.9 Å². The fourth-order valence-corrected chi connectivity index (χ4v) is 3.22. The number of rotatable bonds is 4. The Bertz CT molecular complexity index is 305. The van der Waals surface area contributed by atoms with E-state index in [9.17, 15) is 9.59 Å². The molecule has 6 N–H and O–H groups in total. The van der Waals surface area contributed by atoms with Crippen LogP contribution >= 0.6 is 0 Å². The van der Waals surface area contributed by atoms with Crippen LogP contribution < -0.4 is 16.7 Å². The zero-order valence-electron chi connectivity index (χ0n) is 7.98. The predicted molar refractivity (Wildman–Crippen MR) is 59.2 cm³/mol. The van der Waals surface area contributed by atoms with Gasteiger partial charge in [-0.15, -0.1) is 0 Å². The second-order valence-electron chi connectivity index (χ2n) is 3.30. The lowest BCUT2D eigenvalue weighted by atomic mass is 10.3. The largest absolute Gasteiger partial charge is 0.407 e. The number of anilines is 1. The van der Waals surface area contributed by atoms with Crippen molar-refractivity contribution in [3.63, 3.8) is 0 Å². The first kappa shape index (κ1) is 11.2. The molecule has 0 heterocycles. The summed E-state index contributed by atoms with van der Waals surface area (Å²) in [5, 5.41) is 0.480. The van der Waals surface area contributed by atoms with Crippen LogP contribution in [0.5, 0.6) is 0 Å². The molecule has 0 radical (unpaired) electrons. The van der Waals surface area contributed by atoms with E-state index in [2.05, 4.69) is 0 Å². The van der Waals surface area contributed by atoms with Crippen LogP contribution in [0.4, 0.5) is 5.69 Å². The predicted octanol–water partition coefficient (Wildman–Crippen LogP) is -0.749. The van der Waals surface area contributed by atoms with Gasteiger partial charge in [0.2, 0.25) is 0 Å². The molecule has 0 aliphatic rings. The summed E-state index contributed by atoms with van der Waals surface area (Å²) >= 11 is 0. The standard InChI is InChI=1S/C9H16N2O2Si/c10-6-3-7-14(12,13)9-5-2-1-4-8(9)11/h1-2,4-5,12-13H,3,6-7,10-11H2. The van der Waals surface area contributed by atoms with Crippen molar-refractivity contribution in [2.75, 3.05) is 12.3 Å². The van der Waals surface area contributed by atoms with Crippen LogP contribution in [0.3, 0.4) is 0 Å². The smallest absolute Gasteiger partial charge is 0.369 e. The van der Waals surface area contributed by atoms with Crippen LogP contribution in [-0.2, 0) is 0 Å². The second-order valence-corrected chi connectivity index (χ2v) is 5.97. The normalized spacial score (nSPS) is 11.6. The van der Waals surface area contributed by atoms with E-state index in [1.807, 2.05) is 0 Å². The molecular formula is C9H16N2O2Si. The highest BCUT2D eigenvalue weighted by molar-refractivity contribution is 6.80. The van der Waals surface area contributed by atoms with Gasteiger partial charge in [0.15, 0.2) is 0 Å². The van der Waals surface area contributed by atoms with Crippen LogP contribution in [0, 0.1) is 0 Å². The van der Waals surface area contributed by atoms with Crippen molar-refractivity contribution in [2.24, 2.45) is 5.73 Å². The van der Waals surface area contributed by atoms with Crippen molar-refractivity contribution in [3.8, 4) is 0 Å². The summed E-state index contributed by atoms with van der Waals surface area (Å²) in [6.07, 6.45) is 0.605. The molecule has 5 heteroatoms. The van der Waals surface area contributed by atoms with E-state index in [0.717, 1.165) is 0 Å². The van der Waals surface area contributed by atoms with Gasteiger partial charge < -0.3 is 21.1 Å². The molecule has 0 bridgehead atoms. The van der Waals surface area contributed by atoms with Crippen molar-refractivity contribution in [1.29, 1.82) is 0 Å². The first-order valence-electron chi connectivity index (χ1n) is 4.58. The lowest BCUT2D eigenvalue weighted by Crippen LogP contribution is -2.49. The quantitative estimate of drug-likeness (QED) is 0.390. The first-order valence-corrected chi connectivity index (χ1v) is 6.68. The van der Waals surface area contributed by atoms with E-state index in [1.165, 1.54) is 0 Å². The van der Waals surface area contributed by atoms with Gasteiger partial charge in [-0.3, -0.25) is 0 Å². The summed E-state index contributed by atoms with van der Waals surface area (Å²) in [7, 11) is -3.35. The van der Waals surface area contributed by atoms with Gasteiger partial charge in [0.05, 0.1) is 0 Å².